The molecule has 7 heteroatoms. The van der Waals surface area contributed by atoms with E-state index in [0.29, 0.717) is 16.7 Å². The molecule has 0 atom stereocenters. The van der Waals surface area contributed by atoms with E-state index in [1.807, 2.05) is 28.7 Å². The Morgan fingerprint density at radius 3 is 3.06 bits per heavy atom. The third-order valence-electron chi connectivity index (χ3n) is 2.33. The standard InChI is InChI=1S/C11H12FIN4O/c12-9-2-1-3-10(11(9)13)14-6-8-7-17(4-5-18)16-15-8/h1-3,7,14,18H,4-6H2. The average Bonchev–Trinajstić information content (AvgIpc) is 2.79. The highest BCUT2D eigenvalue weighted by molar-refractivity contribution is 14.1. The molecule has 0 radical (unpaired) electrons. The molecular formula is C11H12FIN4O. The highest BCUT2D eigenvalue weighted by Gasteiger charge is 2.05. The van der Waals surface area contributed by atoms with Gasteiger partial charge in [-0.3, -0.25) is 0 Å². The fraction of sp³-hybridized carbons (Fsp3) is 0.273. The molecule has 0 bridgehead atoms. The molecule has 0 saturated carbocycles. The molecule has 0 aliphatic rings. The molecule has 18 heavy (non-hydrogen) atoms. The molecule has 0 saturated heterocycles. The smallest absolute Gasteiger partial charge is 0.138 e. The molecular weight excluding hydrogens is 350 g/mol. The number of nitrogens with one attached hydrogen (secondary N) is 1. The summed E-state index contributed by atoms with van der Waals surface area (Å²) < 4.78 is 15.4. The van der Waals surface area contributed by atoms with Gasteiger partial charge in [-0.1, -0.05) is 11.3 Å². The van der Waals surface area contributed by atoms with Gasteiger partial charge in [-0.05, 0) is 34.7 Å². The summed E-state index contributed by atoms with van der Waals surface area (Å²) in [6.07, 6.45) is 1.75. The predicted octanol–water partition coefficient (Wildman–Crippen LogP) is 1.63. The topological polar surface area (TPSA) is 63.0 Å². The second kappa shape index (κ2) is 6.10. The number of nitrogens with zero attached hydrogens (tertiary/aromatic N) is 3. The Morgan fingerprint density at radius 2 is 2.28 bits per heavy atom. The number of hydrogen-bond donors (Lipinski definition) is 2. The van der Waals surface area contributed by atoms with Crippen LogP contribution in [0.4, 0.5) is 10.1 Å². The van der Waals surface area contributed by atoms with Gasteiger partial charge in [0.15, 0.2) is 0 Å². The number of benzene rings is 1. The zero-order valence-corrected chi connectivity index (χ0v) is 11.6. The van der Waals surface area contributed by atoms with Crippen LogP contribution >= 0.6 is 22.6 Å². The zero-order valence-electron chi connectivity index (χ0n) is 9.48. The zero-order chi connectivity index (χ0) is 13.0. The molecule has 2 rings (SSSR count). The summed E-state index contributed by atoms with van der Waals surface area (Å²) >= 11 is 1.95. The number of aliphatic hydroxyl groups excluding tert-OH is 1. The molecule has 0 aliphatic heterocycles. The van der Waals surface area contributed by atoms with E-state index in [1.165, 1.54) is 6.07 Å². The third-order valence-corrected chi connectivity index (χ3v) is 3.42. The normalized spacial score (nSPS) is 10.6. The van der Waals surface area contributed by atoms with Crippen molar-refractivity contribution in [2.75, 3.05) is 11.9 Å². The molecule has 96 valence electrons. The molecule has 1 aromatic carbocycles. The molecule has 0 unspecified atom stereocenters. The lowest BCUT2D eigenvalue weighted by atomic mass is 10.3. The van der Waals surface area contributed by atoms with Crippen LogP contribution in [0, 0.1) is 9.39 Å². The summed E-state index contributed by atoms with van der Waals surface area (Å²) in [5.74, 6) is -0.246. The van der Waals surface area contributed by atoms with Gasteiger partial charge in [0.1, 0.15) is 11.5 Å². The first-order valence-corrected chi connectivity index (χ1v) is 6.46. The number of anilines is 1. The van der Waals surface area contributed by atoms with Crippen molar-refractivity contribution in [3.8, 4) is 0 Å². The summed E-state index contributed by atoms with van der Waals surface area (Å²) in [7, 11) is 0. The van der Waals surface area contributed by atoms with Crippen LogP contribution < -0.4 is 5.32 Å². The van der Waals surface area contributed by atoms with Gasteiger partial charge in [0.2, 0.25) is 0 Å². The molecule has 1 heterocycles. The molecule has 2 N–H and O–H groups in total. The fourth-order valence-corrected chi connectivity index (χ4v) is 2.01. The molecule has 0 fully saturated rings. The highest BCUT2D eigenvalue weighted by Crippen LogP contribution is 2.21. The van der Waals surface area contributed by atoms with E-state index < -0.39 is 0 Å². The molecule has 1 aromatic heterocycles. The second-order valence-electron chi connectivity index (χ2n) is 3.65. The lowest BCUT2D eigenvalue weighted by molar-refractivity contribution is 0.268. The Kier molecular flexibility index (Phi) is 4.48. The van der Waals surface area contributed by atoms with Crippen molar-refractivity contribution in [2.24, 2.45) is 0 Å². The Bertz CT molecular complexity index is 532. The van der Waals surface area contributed by atoms with E-state index in [-0.39, 0.29) is 12.4 Å². The van der Waals surface area contributed by atoms with Crippen molar-refractivity contribution in [2.45, 2.75) is 13.1 Å². The summed E-state index contributed by atoms with van der Waals surface area (Å²) in [6.45, 7) is 0.910. The maximum atomic E-state index is 13.3. The minimum atomic E-state index is -0.246. The van der Waals surface area contributed by atoms with Gasteiger partial charge >= 0.3 is 0 Å². The molecule has 0 amide bonds. The van der Waals surface area contributed by atoms with Crippen LogP contribution in [-0.2, 0) is 13.1 Å². The van der Waals surface area contributed by atoms with Gasteiger partial charge in [-0.25, -0.2) is 9.07 Å². The summed E-state index contributed by atoms with van der Waals surface area (Å²) in [4.78, 5) is 0. The maximum absolute atomic E-state index is 13.3. The highest BCUT2D eigenvalue weighted by atomic mass is 127. The van der Waals surface area contributed by atoms with E-state index in [0.717, 1.165) is 11.4 Å². The van der Waals surface area contributed by atoms with Crippen LogP contribution in [0.15, 0.2) is 24.4 Å². The monoisotopic (exact) mass is 362 g/mol. The summed E-state index contributed by atoms with van der Waals surface area (Å²) in [5.41, 5.74) is 1.47. The average molecular weight is 362 g/mol. The van der Waals surface area contributed by atoms with E-state index >= 15 is 0 Å². The van der Waals surface area contributed by atoms with Crippen LogP contribution in [0.5, 0.6) is 0 Å². The Hall–Kier alpha value is -1.22. The van der Waals surface area contributed by atoms with Crippen molar-refractivity contribution in [3.63, 3.8) is 0 Å². The van der Waals surface area contributed by atoms with Crippen molar-refractivity contribution < 1.29 is 9.50 Å². The number of halogens is 2. The quantitative estimate of drug-likeness (QED) is 0.794. The van der Waals surface area contributed by atoms with E-state index in [2.05, 4.69) is 15.6 Å². The summed E-state index contributed by atoms with van der Waals surface area (Å²) in [5, 5.41) is 19.7. The minimum Gasteiger partial charge on any atom is -0.394 e. The lowest BCUT2D eigenvalue weighted by Gasteiger charge is -2.06. The van der Waals surface area contributed by atoms with Crippen molar-refractivity contribution >= 4 is 28.3 Å². The van der Waals surface area contributed by atoms with Crippen LogP contribution in [-0.4, -0.2) is 26.7 Å². The first kappa shape index (κ1) is 13.2. The molecule has 2 aromatic rings. The van der Waals surface area contributed by atoms with E-state index in [9.17, 15) is 4.39 Å². The number of rotatable bonds is 5. The van der Waals surface area contributed by atoms with Crippen molar-refractivity contribution in [1.82, 2.24) is 15.0 Å². The Labute approximate surface area is 117 Å². The lowest BCUT2D eigenvalue weighted by Crippen LogP contribution is -2.03. The van der Waals surface area contributed by atoms with Gasteiger partial charge in [-0.15, -0.1) is 5.10 Å². The van der Waals surface area contributed by atoms with Crippen LogP contribution in [0.1, 0.15) is 5.69 Å². The molecule has 0 aliphatic carbocycles. The number of aromatic nitrogens is 3. The molecule has 5 nitrogen and oxygen atoms in total. The SMILES string of the molecule is OCCn1cc(CNc2cccc(F)c2I)nn1. The largest absolute Gasteiger partial charge is 0.394 e. The van der Waals surface area contributed by atoms with E-state index in [4.69, 9.17) is 5.11 Å². The Balaban J connectivity index is 2.00. The van der Waals surface area contributed by atoms with Gasteiger partial charge in [0.05, 0.1) is 35.2 Å². The second-order valence-corrected chi connectivity index (χ2v) is 4.73. The van der Waals surface area contributed by atoms with Crippen LogP contribution in [0.25, 0.3) is 0 Å². The minimum absolute atomic E-state index is 0.0258. The van der Waals surface area contributed by atoms with Crippen molar-refractivity contribution in [1.29, 1.82) is 0 Å². The van der Waals surface area contributed by atoms with Crippen LogP contribution in [0.3, 0.4) is 0 Å². The number of aliphatic hydroxyl groups is 1. The summed E-state index contributed by atoms with van der Waals surface area (Å²) in [6, 6.07) is 4.88. The van der Waals surface area contributed by atoms with Gasteiger partial charge in [0, 0.05) is 0 Å². The third kappa shape index (κ3) is 3.16. The van der Waals surface area contributed by atoms with E-state index in [1.54, 1.807) is 16.9 Å². The predicted molar refractivity (Wildman–Crippen MR) is 73.6 cm³/mol. The van der Waals surface area contributed by atoms with Gasteiger partial charge < -0.3 is 10.4 Å². The van der Waals surface area contributed by atoms with Crippen molar-refractivity contribution in [3.05, 3.63) is 39.5 Å². The Morgan fingerprint density at radius 1 is 1.44 bits per heavy atom. The molecule has 0 spiro atoms. The number of hydrogen-bond acceptors (Lipinski definition) is 4. The maximum Gasteiger partial charge on any atom is 0.138 e. The first-order valence-electron chi connectivity index (χ1n) is 5.38. The fourth-order valence-electron chi connectivity index (χ4n) is 1.46. The van der Waals surface area contributed by atoms with Gasteiger partial charge in [0.25, 0.3) is 0 Å². The first-order chi connectivity index (χ1) is 8.70. The van der Waals surface area contributed by atoms with Gasteiger partial charge in [-0.2, -0.15) is 0 Å². The van der Waals surface area contributed by atoms with Crippen LogP contribution in [0.2, 0.25) is 0 Å².